The smallest absolute Gasteiger partial charge is 0.213 e. The minimum absolute atomic E-state index is 0.0388. The van der Waals surface area contributed by atoms with Crippen LogP contribution in [-0.2, 0) is 10.8 Å². The molecule has 0 aliphatic rings. The van der Waals surface area contributed by atoms with Crippen LogP contribution < -0.4 is 4.74 Å². The Morgan fingerprint density at radius 3 is 1.88 bits per heavy atom. The third kappa shape index (κ3) is 2.75. The minimum Gasteiger partial charge on any atom is -0.481 e. The fraction of sp³-hybridized carbons (Fsp3) is 0.643. The summed E-state index contributed by atoms with van der Waals surface area (Å²) in [5.74, 6) is 0.693. The van der Waals surface area contributed by atoms with Crippen molar-refractivity contribution in [2.24, 2.45) is 0 Å². The van der Waals surface area contributed by atoms with Crippen LogP contribution in [0.25, 0.3) is 0 Å². The largest absolute Gasteiger partial charge is 0.481 e. The molecule has 0 unspecified atom stereocenters. The van der Waals surface area contributed by atoms with Crippen LogP contribution in [0, 0.1) is 0 Å². The van der Waals surface area contributed by atoms with Crippen LogP contribution in [0.2, 0.25) is 0 Å². The number of aromatic nitrogens is 1. The van der Waals surface area contributed by atoms with E-state index in [1.54, 1.807) is 7.11 Å². The molecule has 2 heteroatoms. The zero-order chi connectivity index (χ0) is 12.6. The van der Waals surface area contributed by atoms with Gasteiger partial charge in [0.15, 0.2) is 0 Å². The Labute approximate surface area is 99.0 Å². The van der Waals surface area contributed by atoms with Gasteiger partial charge in [0.25, 0.3) is 0 Å². The van der Waals surface area contributed by atoms with Gasteiger partial charge < -0.3 is 4.74 Å². The molecule has 16 heavy (non-hydrogen) atoms. The molecule has 0 bridgehead atoms. The molecule has 0 aromatic carbocycles. The topological polar surface area (TPSA) is 22.1 Å². The predicted molar refractivity (Wildman–Crippen MR) is 68.2 cm³/mol. The average molecular weight is 221 g/mol. The van der Waals surface area contributed by atoms with Crippen molar-refractivity contribution < 1.29 is 4.74 Å². The number of methoxy groups -OCH3 is 1. The second kappa shape index (κ2) is 4.08. The van der Waals surface area contributed by atoms with Gasteiger partial charge in [-0.25, -0.2) is 4.98 Å². The molecule has 1 heterocycles. The molecule has 1 aromatic rings. The molecule has 0 saturated heterocycles. The minimum atomic E-state index is 0.0388. The molecule has 0 amide bonds. The van der Waals surface area contributed by atoms with E-state index in [2.05, 4.69) is 52.6 Å². The first-order valence-electron chi connectivity index (χ1n) is 5.72. The monoisotopic (exact) mass is 221 g/mol. The summed E-state index contributed by atoms with van der Waals surface area (Å²) < 4.78 is 5.21. The summed E-state index contributed by atoms with van der Waals surface area (Å²) in [7, 11) is 1.66. The number of rotatable bonds is 1. The molecule has 90 valence electrons. The van der Waals surface area contributed by atoms with Crippen molar-refractivity contribution in [1.82, 2.24) is 4.98 Å². The summed E-state index contributed by atoms with van der Waals surface area (Å²) in [4.78, 5) is 4.61. The van der Waals surface area contributed by atoms with E-state index in [9.17, 15) is 0 Å². The molecule has 0 atom stereocenters. The van der Waals surface area contributed by atoms with Gasteiger partial charge in [0.05, 0.1) is 12.8 Å². The Hall–Kier alpha value is -1.05. The Balaban J connectivity index is 3.40. The highest BCUT2D eigenvalue weighted by molar-refractivity contribution is 5.35. The standard InChI is InChI=1S/C14H23NO/c1-13(2,3)10-8-9-11(16-7)15-12(10)14(4,5)6/h8-9H,1-7H3. The van der Waals surface area contributed by atoms with E-state index in [1.807, 2.05) is 6.07 Å². The second-order valence-electron chi connectivity index (χ2n) is 6.25. The molecule has 0 saturated carbocycles. The highest BCUT2D eigenvalue weighted by Crippen LogP contribution is 2.33. The number of ether oxygens (including phenoxy) is 1. The van der Waals surface area contributed by atoms with E-state index in [1.165, 1.54) is 5.56 Å². The lowest BCUT2D eigenvalue weighted by Crippen LogP contribution is -2.23. The summed E-state index contributed by atoms with van der Waals surface area (Å²) in [5.41, 5.74) is 2.57. The molecule has 0 fully saturated rings. The number of pyridine rings is 1. The van der Waals surface area contributed by atoms with Crippen molar-refractivity contribution in [2.45, 2.75) is 52.4 Å². The molecule has 1 aromatic heterocycles. The fourth-order valence-corrected chi connectivity index (χ4v) is 1.73. The van der Waals surface area contributed by atoms with Gasteiger partial charge in [0.2, 0.25) is 5.88 Å². The molecular formula is C14H23NO. The summed E-state index contributed by atoms with van der Waals surface area (Å²) in [6.07, 6.45) is 0. The van der Waals surface area contributed by atoms with Gasteiger partial charge in [-0.3, -0.25) is 0 Å². The summed E-state index contributed by atoms with van der Waals surface area (Å²) in [6.45, 7) is 13.2. The van der Waals surface area contributed by atoms with Gasteiger partial charge >= 0.3 is 0 Å². The zero-order valence-electron chi connectivity index (χ0n) is 11.5. The van der Waals surface area contributed by atoms with Gasteiger partial charge in [-0.05, 0) is 11.0 Å². The Morgan fingerprint density at radius 2 is 1.50 bits per heavy atom. The van der Waals surface area contributed by atoms with Crippen LogP contribution in [0.3, 0.4) is 0 Å². The van der Waals surface area contributed by atoms with Crippen molar-refractivity contribution >= 4 is 0 Å². The predicted octanol–water partition coefficient (Wildman–Crippen LogP) is 3.69. The molecular weight excluding hydrogens is 198 g/mol. The molecule has 0 aliphatic heterocycles. The van der Waals surface area contributed by atoms with E-state index < -0.39 is 0 Å². The maximum atomic E-state index is 5.21. The van der Waals surface area contributed by atoms with Crippen LogP contribution in [0.1, 0.15) is 52.8 Å². The van der Waals surface area contributed by atoms with Crippen LogP contribution in [0.15, 0.2) is 12.1 Å². The zero-order valence-corrected chi connectivity index (χ0v) is 11.5. The van der Waals surface area contributed by atoms with E-state index >= 15 is 0 Å². The third-order valence-corrected chi connectivity index (χ3v) is 2.60. The summed E-state index contributed by atoms with van der Waals surface area (Å²) in [5, 5.41) is 0. The van der Waals surface area contributed by atoms with Crippen LogP contribution in [0.4, 0.5) is 0 Å². The summed E-state index contributed by atoms with van der Waals surface area (Å²) >= 11 is 0. The van der Waals surface area contributed by atoms with Crippen molar-refractivity contribution in [3.8, 4) is 5.88 Å². The quantitative estimate of drug-likeness (QED) is 0.721. The van der Waals surface area contributed by atoms with E-state index in [0.717, 1.165) is 5.69 Å². The maximum absolute atomic E-state index is 5.21. The maximum Gasteiger partial charge on any atom is 0.213 e. The van der Waals surface area contributed by atoms with Crippen molar-refractivity contribution in [3.63, 3.8) is 0 Å². The molecule has 1 rings (SSSR count). The first-order valence-corrected chi connectivity index (χ1v) is 5.72. The molecule has 0 aliphatic carbocycles. The summed E-state index contributed by atoms with van der Waals surface area (Å²) in [6, 6.07) is 4.07. The molecule has 2 nitrogen and oxygen atoms in total. The van der Waals surface area contributed by atoms with Crippen molar-refractivity contribution in [2.75, 3.05) is 7.11 Å². The third-order valence-electron chi connectivity index (χ3n) is 2.60. The average Bonchev–Trinajstić information content (AvgIpc) is 2.14. The highest BCUT2D eigenvalue weighted by Gasteiger charge is 2.26. The van der Waals surface area contributed by atoms with Crippen LogP contribution >= 0.6 is 0 Å². The number of nitrogens with zero attached hydrogens (tertiary/aromatic N) is 1. The number of hydrogen-bond acceptors (Lipinski definition) is 2. The first kappa shape index (κ1) is 13.0. The molecule has 0 radical (unpaired) electrons. The Morgan fingerprint density at radius 1 is 0.938 bits per heavy atom. The van der Waals surface area contributed by atoms with E-state index in [4.69, 9.17) is 4.74 Å². The van der Waals surface area contributed by atoms with Gasteiger partial charge in [-0.2, -0.15) is 0 Å². The molecule has 0 N–H and O–H groups in total. The van der Waals surface area contributed by atoms with Gasteiger partial charge in [-0.15, -0.1) is 0 Å². The number of hydrogen-bond donors (Lipinski definition) is 0. The Bertz CT molecular complexity index is 369. The lowest BCUT2D eigenvalue weighted by Gasteiger charge is -2.29. The fourth-order valence-electron chi connectivity index (χ4n) is 1.73. The highest BCUT2D eigenvalue weighted by atomic mass is 16.5. The van der Waals surface area contributed by atoms with Gasteiger partial charge in [-0.1, -0.05) is 47.6 Å². The van der Waals surface area contributed by atoms with Crippen LogP contribution in [-0.4, -0.2) is 12.1 Å². The molecule has 0 spiro atoms. The lowest BCUT2D eigenvalue weighted by atomic mass is 9.78. The van der Waals surface area contributed by atoms with Crippen LogP contribution in [0.5, 0.6) is 5.88 Å². The second-order valence-corrected chi connectivity index (χ2v) is 6.25. The first-order chi connectivity index (χ1) is 7.16. The van der Waals surface area contributed by atoms with E-state index in [-0.39, 0.29) is 10.8 Å². The lowest BCUT2D eigenvalue weighted by molar-refractivity contribution is 0.389. The van der Waals surface area contributed by atoms with Gasteiger partial charge in [0, 0.05) is 11.5 Å². The van der Waals surface area contributed by atoms with Gasteiger partial charge in [0.1, 0.15) is 0 Å². The van der Waals surface area contributed by atoms with E-state index in [0.29, 0.717) is 5.88 Å². The normalized spacial score (nSPS) is 12.7. The Kier molecular flexibility index (Phi) is 3.32. The van der Waals surface area contributed by atoms with Crippen molar-refractivity contribution in [3.05, 3.63) is 23.4 Å². The van der Waals surface area contributed by atoms with Crippen molar-refractivity contribution in [1.29, 1.82) is 0 Å². The SMILES string of the molecule is COc1ccc(C(C)(C)C)c(C(C)(C)C)n1.